The van der Waals surface area contributed by atoms with E-state index < -0.39 is 11.2 Å². The van der Waals surface area contributed by atoms with Gasteiger partial charge in [-0.1, -0.05) is 12.1 Å². The van der Waals surface area contributed by atoms with Gasteiger partial charge < -0.3 is 14.7 Å². The van der Waals surface area contributed by atoms with Crippen LogP contribution in [0.25, 0.3) is 16.9 Å². The van der Waals surface area contributed by atoms with Crippen LogP contribution in [-0.2, 0) is 11.2 Å². The maximum absolute atomic E-state index is 11.8. The molecule has 1 aromatic carbocycles. The summed E-state index contributed by atoms with van der Waals surface area (Å²) < 4.78 is 13.7. The maximum Gasteiger partial charge on any atom is 0.169 e. The van der Waals surface area contributed by atoms with Crippen LogP contribution in [-0.4, -0.2) is 19.7 Å². The zero-order valence-electron chi connectivity index (χ0n) is 11.1. The number of hydrogen-bond acceptors (Lipinski definition) is 3. The molecule has 0 amide bonds. The summed E-state index contributed by atoms with van der Waals surface area (Å²) in [6.45, 7) is 1.91. The average Bonchev–Trinajstić information content (AvgIpc) is 2.90. The van der Waals surface area contributed by atoms with Crippen LogP contribution in [0.3, 0.4) is 0 Å². The van der Waals surface area contributed by atoms with Gasteiger partial charge in [-0.2, -0.15) is 0 Å². The first-order valence-electron chi connectivity index (χ1n) is 6.40. The average molecular weight is 285 g/mol. The van der Waals surface area contributed by atoms with Crippen molar-refractivity contribution in [3.05, 3.63) is 48.8 Å². The molecule has 4 nitrogen and oxygen atoms in total. The molecule has 102 valence electrons. The third-order valence-electron chi connectivity index (χ3n) is 3.16. The monoisotopic (exact) mass is 285 g/mol. The van der Waals surface area contributed by atoms with Crippen molar-refractivity contribution in [3.63, 3.8) is 0 Å². The lowest BCUT2D eigenvalue weighted by Gasteiger charge is -2.07. The van der Waals surface area contributed by atoms with Crippen LogP contribution < -0.4 is 5.73 Å². The second kappa shape index (κ2) is 5.19. The summed E-state index contributed by atoms with van der Waals surface area (Å²) >= 11 is -0.950. The van der Waals surface area contributed by atoms with Crippen LogP contribution in [0.1, 0.15) is 6.92 Å². The van der Waals surface area contributed by atoms with Crippen LogP contribution in [0.4, 0.5) is 5.69 Å². The Kier molecular flexibility index (Phi) is 3.38. The number of rotatable bonds is 3. The highest BCUT2D eigenvalue weighted by atomic mass is 32.2. The topological polar surface area (TPSA) is 66.4 Å². The predicted molar refractivity (Wildman–Crippen MR) is 82.0 cm³/mol. The number of benzene rings is 1. The van der Waals surface area contributed by atoms with E-state index in [1.807, 2.05) is 60.1 Å². The molecule has 3 rings (SSSR count). The van der Waals surface area contributed by atoms with Gasteiger partial charge in [0.15, 0.2) is 4.90 Å². The standard InChI is InChI=1S/C15H15N3OS/c1-2-20(19)13-7-8-15-17-14(10-18(15)9-13)11-3-5-12(16)6-4-11/h3-10H,2,16H2,1H3. The summed E-state index contributed by atoms with van der Waals surface area (Å²) in [6, 6.07) is 11.4. The van der Waals surface area contributed by atoms with Gasteiger partial charge in [0.05, 0.1) is 11.9 Å². The Hall–Kier alpha value is -1.98. The van der Waals surface area contributed by atoms with E-state index >= 15 is 0 Å². The van der Waals surface area contributed by atoms with E-state index in [-0.39, 0.29) is 0 Å². The maximum atomic E-state index is 11.8. The Bertz CT molecular complexity index is 736. The molecular formula is C15H15N3OS. The number of anilines is 1. The van der Waals surface area contributed by atoms with Gasteiger partial charge in [-0.05, 0) is 42.4 Å². The lowest BCUT2D eigenvalue weighted by molar-refractivity contribution is 0.595. The lowest BCUT2D eigenvalue weighted by Crippen LogP contribution is -2.04. The fraction of sp³-hybridized carbons (Fsp3) is 0.133. The predicted octanol–water partition coefficient (Wildman–Crippen LogP) is 2.71. The highest BCUT2D eigenvalue weighted by molar-refractivity contribution is 7.91. The first kappa shape index (κ1) is 13.0. The van der Waals surface area contributed by atoms with Crippen molar-refractivity contribution in [1.29, 1.82) is 0 Å². The molecular weight excluding hydrogens is 270 g/mol. The highest BCUT2D eigenvalue weighted by Crippen LogP contribution is 2.21. The molecule has 0 saturated carbocycles. The van der Waals surface area contributed by atoms with Crippen molar-refractivity contribution in [2.45, 2.75) is 11.8 Å². The van der Waals surface area contributed by atoms with E-state index in [1.165, 1.54) is 0 Å². The normalized spacial score (nSPS) is 12.7. The summed E-state index contributed by atoms with van der Waals surface area (Å²) in [4.78, 5) is 5.38. The third-order valence-corrected chi connectivity index (χ3v) is 4.45. The van der Waals surface area contributed by atoms with Gasteiger partial charge in [0.1, 0.15) is 11.4 Å². The smallest absolute Gasteiger partial charge is 0.169 e. The summed E-state index contributed by atoms with van der Waals surface area (Å²) in [5.41, 5.74) is 9.16. The molecule has 1 unspecified atom stereocenters. The Morgan fingerprint density at radius 3 is 2.60 bits per heavy atom. The van der Waals surface area contributed by atoms with Gasteiger partial charge in [0, 0.05) is 17.4 Å². The number of fused-ring (bicyclic) bond motifs is 1. The third kappa shape index (κ3) is 2.37. The van der Waals surface area contributed by atoms with Crippen LogP contribution in [0, 0.1) is 0 Å². The summed E-state index contributed by atoms with van der Waals surface area (Å²) in [7, 11) is 0. The fourth-order valence-corrected chi connectivity index (χ4v) is 2.85. The van der Waals surface area contributed by atoms with Crippen molar-refractivity contribution in [2.24, 2.45) is 0 Å². The summed E-state index contributed by atoms with van der Waals surface area (Å²) in [5, 5.41) is 0. The Morgan fingerprint density at radius 2 is 1.90 bits per heavy atom. The molecule has 20 heavy (non-hydrogen) atoms. The van der Waals surface area contributed by atoms with Crippen molar-refractivity contribution in [3.8, 4) is 11.3 Å². The number of aromatic nitrogens is 2. The van der Waals surface area contributed by atoms with Gasteiger partial charge >= 0.3 is 0 Å². The Balaban J connectivity index is 2.04. The molecule has 2 heterocycles. The number of nitrogens with two attached hydrogens (primary N) is 1. The minimum Gasteiger partial charge on any atom is -0.611 e. The SMILES string of the molecule is CC[S+]([O-])c1ccc2nc(-c3ccc(N)cc3)cn2c1. The van der Waals surface area contributed by atoms with Crippen molar-refractivity contribution >= 4 is 22.5 Å². The molecule has 0 aliphatic rings. The van der Waals surface area contributed by atoms with E-state index in [2.05, 4.69) is 4.98 Å². The van der Waals surface area contributed by atoms with E-state index in [1.54, 1.807) is 0 Å². The minimum atomic E-state index is -0.950. The molecule has 0 fully saturated rings. The van der Waals surface area contributed by atoms with Crippen LogP contribution in [0.2, 0.25) is 0 Å². The van der Waals surface area contributed by atoms with Gasteiger partial charge in [0.2, 0.25) is 0 Å². The second-order valence-corrected chi connectivity index (χ2v) is 6.25. The van der Waals surface area contributed by atoms with E-state index in [0.717, 1.165) is 27.5 Å². The van der Waals surface area contributed by atoms with Crippen LogP contribution in [0.5, 0.6) is 0 Å². The number of imidazole rings is 1. The zero-order valence-corrected chi connectivity index (χ0v) is 11.9. The van der Waals surface area contributed by atoms with Crippen molar-refractivity contribution in [2.75, 3.05) is 11.5 Å². The van der Waals surface area contributed by atoms with Gasteiger partial charge in [-0.15, -0.1) is 0 Å². The number of nitrogens with zero attached hydrogens (tertiary/aromatic N) is 2. The molecule has 0 spiro atoms. The van der Waals surface area contributed by atoms with E-state index in [9.17, 15) is 4.55 Å². The molecule has 5 heteroatoms. The fourth-order valence-electron chi connectivity index (χ4n) is 2.07. The van der Waals surface area contributed by atoms with Gasteiger partial charge in [-0.3, -0.25) is 0 Å². The van der Waals surface area contributed by atoms with Crippen LogP contribution in [0.15, 0.2) is 53.7 Å². The van der Waals surface area contributed by atoms with E-state index in [0.29, 0.717) is 5.75 Å². The Labute approximate surface area is 120 Å². The lowest BCUT2D eigenvalue weighted by atomic mass is 10.1. The number of pyridine rings is 1. The molecule has 0 saturated heterocycles. The van der Waals surface area contributed by atoms with Crippen molar-refractivity contribution < 1.29 is 4.55 Å². The van der Waals surface area contributed by atoms with Crippen LogP contribution >= 0.6 is 0 Å². The quantitative estimate of drug-likeness (QED) is 0.594. The molecule has 0 aliphatic heterocycles. The molecule has 1 atom stereocenters. The second-order valence-electron chi connectivity index (χ2n) is 4.51. The Morgan fingerprint density at radius 1 is 1.15 bits per heavy atom. The molecule has 3 aromatic rings. The molecule has 2 aromatic heterocycles. The van der Waals surface area contributed by atoms with Gasteiger partial charge in [0.25, 0.3) is 0 Å². The van der Waals surface area contributed by atoms with E-state index in [4.69, 9.17) is 5.73 Å². The van der Waals surface area contributed by atoms with Gasteiger partial charge in [-0.25, -0.2) is 4.98 Å². The summed E-state index contributed by atoms with van der Waals surface area (Å²) in [6.07, 6.45) is 3.82. The number of hydrogen-bond donors (Lipinski definition) is 1. The molecule has 0 radical (unpaired) electrons. The number of nitrogen functional groups attached to an aromatic ring is 1. The minimum absolute atomic E-state index is 0.616. The first-order chi connectivity index (χ1) is 9.67. The summed E-state index contributed by atoms with van der Waals surface area (Å²) in [5.74, 6) is 0.616. The first-order valence-corrected chi connectivity index (χ1v) is 7.72. The zero-order chi connectivity index (χ0) is 14.1. The molecule has 2 N–H and O–H groups in total. The molecule has 0 aliphatic carbocycles. The van der Waals surface area contributed by atoms with Crippen molar-refractivity contribution in [1.82, 2.24) is 9.38 Å². The highest BCUT2D eigenvalue weighted by Gasteiger charge is 2.10. The largest absolute Gasteiger partial charge is 0.611 e. The molecule has 0 bridgehead atoms.